The number of nitrogens with zero attached hydrogens (tertiary/aromatic N) is 2. The van der Waals surface area contributed by atoms with Gasteiger partial charge in [-0.25, -0.2) is 0 Å². The molecule has 0 amide bonds. The van der Waals surface area contributed by atoms with Crippen LogP contribution < -0.4 is 4.90 Å². The largest absolute Gasteiger partial charge is 0.455 e. The lowest BCUT2D eigenvalue weighted by Gasteiger charge is -2.26. The Balaban J connectivity index is 1.43. The molecule has 49 heavy (non-hydrogen) atoms. The molecule has 0 aliphatic rings. The van der Waals surface area contributed by atoms with Gasteiger partial charge in [-0.15, -0.1) is 0 Å². The van der Waals surface area contributed by atoms with Crippen LogP contribution in [0.15, 0.2) is 186 Å². The highest BCUT2D eigenvalue weighted by Crippen LogP contribution is 2.41. The molecule has 0 saturated heterocycles. The second-order valence-electron chi connectivity index (χ2n) is 10.3. The van der Waals surface area contributed by atoms with Gasteiger partial charge in [-0.05, 0) is 89.0 Å². The zero-order chi connectivity index (χ0) is 58.4. The molecule has 8 aromatic carbocycles. The summed E-state index contributed by atoms with van der Waals surface area (Å²) in [5, 5.41) is -3.37. The van der Waals surface area contributed by atoms with Gasteiger partial charge in [0, 0.05) is 49.7 Å². The summed E-state index contributed by atoms with van der Waals surface area (Å²) in [7, 11) is 0. The van der Waals surface area contributed by atoms with Gasteiger partial charge < -0.3 is 13.9 Å². The fourth-order valence-electron chi connectivity index (χ4n) is 5.43. The lowest BCUT2D eigenvalue weighted by molar-refractivity contribution is 0.672. The summed E-state index contributed by atoms with van der Waals surface area (Å²) in [5.41, 5.74) is -8.59. The van der Waals surface area contributed by atoms with Crippen molar-refractivity contribution in [2.75, 3.05) is 4.90 Å². The number of para-hydroxylation sites is 3. The first-order valence-corrected chi connectivity index (χ1v) is 14.2. The van der Waals surface area contributed by atoms with E-state index in [4.69, 9.17) is 30.5 Å². The Morgan fingerprint density at radius 2 is 0.980 bits per heavy atom. The summed E-state index contributed by atoms with van der Waals surface area (Å²) in [4.78, 5) is 0.353. The van der Waals surface area contributed by atoms with Crippen LogP contribution in [0.3, 0.4) is 0 Å². The van der Waals surface area contributed by atoms with E-state index in [-0.39, 0.29) is 0 Å². The van der Waals surface area contributed by atoms with Crippen molar-refractivity contribution in [2.24, 2.45) is 0 Å². The van der Waals surface area contributed by atoms with Gasteiger partial charge in [0.2, 0.25) is 0 Å². The Bertz CT molecular complexity index is 4400. The maximum Gasteiger partial charge on any atom is 0.143 e. The van der Waals surface area contributed by atoms with Crippen LogP contribution in [0.5, 0.6) is 0 Å². The third kappa shape index (κ3) is 4.44. The number of anilines is 3. The van der Waals surface area contributed by atoms with Crippen molar-refractivity contribution in [1.29, 1.82) is 0 Å². The van der Waals surface area contributed by atoms with Crippen molar-refractivity contribution in [3.63, 3.8) is 0 Å². The van der Waals surface area contributed by atoms with Crippen LogP contribution in [-0.4, -0.2) is 4.57 Å². The van der Waals surface area contributed by atoms with Gasteiger partial charge >= 0.3 is 0 Å². The van der Waals surface area contributed by atoms with Crippen molar-refractivity contribution < 1.29 is 45.5 Å². The Kier molecular flexibility index (Phi) is 2.47. The molecule has 0 radical (unpaired) electrons. The Morgan fingerprint density at radius 3 is 1.69 bits per heavy atom. The third-order valence-electron chi connectivity index (χ3n) is 7.56. The normalized spacial score (nSPS) is 20.2. The summed E-state index contributed by atoms with van der Waals surface area (Å²) in [6, 6.07) is -29.7. The number of hydrogen-bond acceptors (Lipinski definition) is 2. The molecule has 0 saturated carbocycles. The van der Waals surface area contributed by atoms with E-state index in [9.17, 15) is 15.1 Å². The summed E-state index contributed by atoms with van der Waals surface area (Å²) in [6.45, 7) is 0. The molecule has 0 spiro atoms. The average Bonchev–Trinajstić information content (AvgIpc) is 4.10. The number of fused-ring (bicyclic) bond motifs is 8. The van der Waals surface area contributed by atoms with Gasteiger partial charge in [0.15, 0.2) is 0 Å². The first-order chi connectivity index (χ1) is 36.8. The fraction of sp³-hybridized carbons (Fsp3) is 0. The van der Waals surface area contributed by atoms with Gasteiger partial charge in [-0.2, -0.15) is 0 Å². The predicted octanol–water partition coefficient (Wildman–Crippen LogP) is 13.0. The summed E-state index contributed by atoms with van der Waals surface area (Å²) in [5.74, 6) is 0. The van der Waals surface area contributed by atoms with Gasteiger partial charge in [-0.3, -0.25) is 0 Å². The van der Waals surface area contributed by atoms with Crippen molar-refractivity contribution in [1.82, 2.24) is 4.57 Å². The Hall–Kier alpha value is -6.58. The monoisotopic (exact) mass is 656 g/mol. The third-order valence-corrected chi connectivity index (χ3v) is 7.56. The van der Waals surface area contributed by atoms with Crippen LogP contribution in [0.4, 0.5) is 17.1 Å². The Labute approximate surface area is 325 Å². The van der Waals surface area contributed by atoms with E-state index < -0.39 is 270 Å². The molecule has 3 nitrogen and oxygen atoms in total. The van der Waals surface area contributed by atoms with Crippen LogP contribution in [0, 0.1) is 0 Å². The van der Waals surface area contributed by atoms with Gasteiger partial charge in [-0.1, -0.05) is 109 Å². The zero-order valence-electron chi connectivity index (χ0n) is 54.3. The van der Waals surface area contributed by atoms with Crippen molar-refractivity contribution in [3.8, 4) is 16.8 Å². The second-order valence-corrected chi connectivity index (χ2v) is 10.3. The minimum absolute atomic E-state index is 0.353. The lowest BCUT2D eigenvalue weighted by Crippen LogP contribution is -2.10. The molecule has 2 aromatic heterocycles. The summed E-state index contributed by atoms with van der Waals surface area (Å²) < 4.78 is 276. The number of aromatic nitrogens is 1. The van der Waals surface area contributed by atoms with Gasteiger partial charge in [0.25, 0.3) is 0 Å². The number of furan rings is 1. The first kappa shape index (κ1) is 11.0. The molecule has 10 rings (SSSR count). The highest BCUT2D eigenvalue weighted by molar-refractivity contribution is 6.15. The molecule has 0 aliphatic heterocycles. The maximum atomic E-state index is 9.91. The number of rotatable bonds is 5. The Morgan fingerprint density at radius 1 is 0.429 bits per heavy atom. The fourth-order valence-corrected chi connectivity index (χ4v) is 5.43. The molecule has 0 unspecified atom stereocenters. The number of hydrogen-bond donors (Lipinski definition) is 0. The van der Waals surface area contributed by atoms with Crippen LogP contribution in [-0.2, 0) is 0 Å². The van der Waals surface area contributed by atoms with Crippen molar-refractivity contribution in [3.05, 3.63) is 181 Å². The second kappa shape index (κ2) is 11.0. The molecule has 3 heteroatoms. The molecule has 2 heterocycles. The maximum absolute atomic E-state index is 9.91. The van der Waals surface area contributed by atoms with Crippen LogP contribution in [0.25, 0.3) is 71.3 Å². The van der Waals surface area contributed by atoms with E-state index in [1.54, 1.807) is 0 Å². The molecule has 0 N–H and O–H groups in total. The highest BCUT2D eigenvalue weighted by Gasteiger charge is 2.17. The predicted molar refractivity (Wildman–Crippen MR) is 206 cm³/mol. The van der Waals surface area contributed by atoms with E-state index in [2.05, 4.69) is 0 Å². The molecular formula is C46H30N2O. The topological polar surface area (TPSA) is 21.3 Å². The standard InChI is InChI=1S/C46H30N2O/c1-2-10-31(11-3-1)32-18-22-34(23-19-32)47(37-24-20-33-21-29-41-40-14-6-9-17-45(40)49-46(41)42(33)30-37)35-25-27-36(28-26-35)48-43-15-7-4-12-38(43)39-13-5-8-16-44(39)48/h1-30H/i1D,2D,3D,4D,5D,6D,7D,8D,9D,10D,11D,12D,13D,14D,15D,16D,17D,18D,19D,20D,21D,22D,23D,24D,25D,26D,27D,28D,29D,30D. The average molecular weight is 657 g/mol. The first-order valence-electron chi connectivity index (χ1n) is 29.2. The molecule has 10 aromatic rings. The van der Waals surface area contributed by atoms with E-state index in [0.29, 0.717) is 9.47 Å². The molecule has 0 bridgehead atoms. The molecular weight excluding hydrogens is 597 g/mol. The minimum atomic E-state index is -1.29. The van der Waals surface area contributed by atoms with Crippen molar-refractivity contribution >= 4 is 71.6 Å². The van der Waals surface area contributed by atoms with Crippen LogP contribution >= 0.6 is 0 Å². The minimum Gasteiger partial charge on any atom is -0.455 e. The van der Waals surface area contributed by atoms with Gasteiger partial charge in [0.1, 0.15) is 11.2 Å². The number of benzene rings is 8. The summed E-state index contributed by atoms with van der Waals surface area (Å²) in [6.07, 6.45) is 0. The molecule has 0 atom stereocenters. The zero-order valence-corrected chi connectivity index (χ0v) is 24.3. The highest BCUT2D eigenvalue weighted by atomic mass is 16.3. The van der Waals surface area contributed by atoms with Crippen LogP contribution in [0.1, 0.15) is 41.1 Å². The smallest absolute Gasteiger partial charge is 0.143 e. The quantitative estimate of drug-likeness (QED) is 0.184. The molecule has 0 fully saturated rings. The van der Waals surface area contributed by atoms with E-state index >= 15 is 0 Å². The van der Waals surface area contributed by atoms with E-state index in [0.717, 1.165) is 0 Å². The summed E-state index contributed by atoms with van der Waals surface area (Å²) >= 11 is 0. The van der Waals surface area contributed by atoms with E-state index in [1.807, 2.05) is 0 Å². The van der Waals surface area contributed by atoms with Crippen LogP contribution in [0.2, 0.25) is 0 Å². The van der Waals surface area contributed by atoms with Crippen molar-refractivity contribution in [2.45, 2.75) is 0 Å². The lowest BCUT2D eigenvalue weighted by atomic mass is 10.0. The van der Waals surface area contributed by atoms with E-state index in [1.165, 1.54) is 0 Å². The molecule has 0 aliphatic carbocycles. The SMILES string of the molecule is [2H]c1c([2H])c([2H])c(-c2c([2H])c([2H])c(N(c3c([2H])c([2H])c(-n4c5c([2H])c([2H])c([2H])c([2H])c5c5c([2H])c([2H])c([2H])c([2H])c54)c([2H])c3[2H])c3c([2H])c([2H])c4c([2H])c([2H])c5c(oc6c([2H])c([2H])c([2H])c([2H])c65)c4c3[2H])c([2H])c2[2H])c([2H])c1[2H]. The molecule has 230 valence electrons. The van der Waals surface area contributed by atoms with Gasteiger partial charge in [0.05, 0.1) is 52.2 Å².